The Labute approximate surface area is 165 Å². The third kappa shape index (κ3) is 4.23. The molecule has 0 saturated carbocycles. The highest BCUT2D eigenvalue weighted by Gasteiger charge is 2.30. The Hall–Kier alpha value is -2.71. The van der Waals surface area contributed by atoms with E-state index in [1.165, 1.54) is 23.9 Å². The van der Waals surface area contributed by atoms with Gasteiger partial charge in [-0.2, -0.15) is 0 Å². The molecule has 4 rings (SSSR count). The molecule has 6 nitrogen and oxygen atoms in total. The lowest BCUT2D eigenvalue weighted by atomic mass is 10.1. The number of nitrogens with zero attached hydrogens (tertiary/aromatic N) is 3. The van der Waals surface area contributed by atoms with Gasteiger partial charge in [-0.15, -0.1) is 10.2 Å². The van der Waals surface area contributed by atoms with Gasteiger partial charge in [-0.3, -0.25) is 4.79 Å². The van der Waals surface area contributed by atoms with Crippen molar-refractivity contribution in [1.82, 2.24) is 15.1 Å². The second-order valence-corrected chi connectivity index (χ2v) is 7.28. The summed E-state index contributed by atoms with van der Waals surface area (Å²) in [5.41, 5.74) is 1.49. The van der Waals surface area contributed by atoms with Gasteiger partial charge in [0.15, 0.2) is 0 Å². The fourth-order valence-corrected chi connectivity index (χ4v) is 3.87. The van der Waals surface area contributed by atoms with Crippen molar-refractivity contribution in [2.24, 2.45) is 0 Å². The number of amides is 1. The molecule has 0 spiro atoms. The topological polar surface area (TPSA) is 68.5 Å². The van der Waals surface area contributed by atoms with E-state index < -0.39 is 5.25 Å². The van der Waals surface area contributed by atoms with Crippen LogP contribution in [0.2, 0.25) is 0 Å². The maximum absolute atomic E-state index is 13.1. The number of thioether (sulfide) groups is 1. The van der Waals surface area contributed by atoms with Crippen molar-refractivity contribution in [3.8, 4) is 11.5 Å². The fourth-order valence-electron chi connectivity index (χ4n) is 2.91. The molecule has 1 unspecified atom stereocenters. The van der Waals surface area contributed by atoms with Gasteiger partial charge in [0.2, 0.25) is 11.8 Å². The van der Waals surface area contributed by atoms with E-state index in [-0.39, 0.29) is 22.8 Å². The number of ether oxygens (including phenoxy) is 1. The van der Waals surface area contributed by atoms with E-state index in [2.05, 4.69) is 10.2 Å². The maximum Gasteiger partial charge on any atom is 0.277 e. The number of aromatic nitrogens is 2. The number of morpholine rings is 1. The lowest BCUT2D eigenvalue weighted by Gasteiger charge is -2.29. The minimum absolute atomic E-state index is 0.0129. The Morgan fingerprint density at radius 3 is 2.46 bits per heavy atom. The molecule has 1 aliphatic rings. The van der Waals surface area contributed by atoms with Crippen LogP contribution >= 0.6 is 11.8 Å². The first kappa shape index (κ1) is 18.6. The van der Waals surface area contributed by atoms with Crippen molar-refractivity contribution in [1.29, 1.82) is 0 Å². The molecule has 2 aromatic carbocycles. The van der Waals surface area contributed by atoms with Crippen LogP contribution in [0.4, 0.5) is 4.39 Å². The van der Waals surface area contributed by atoms with Crippen molar-refractivity contribution < 1.29 is 18.3 Å². The third-order valence-corrected chi connectivity index (χ3v) is 5.44. The molecule has 0 N–H and O–H groups in total. The molecule has 1 atom stereocenters. The number of halogens is 1. The molecular weight excluding hydrogens is 381 g/mol. The van der Waals surface area contributed by atoms with E-state index in [1.54, 1.807) is 17.0 Å². The first-order valence-corrected chi connectivity index (χ1v) is 9.76. The molecule has 8 heteroatoms. The summed E-state index contributed by atoms with van der Waals surface area (Å²) >= 11 is 1.22. The Morgan fingerprint density at radius 2 is 1.75 bits per heavy atom. The fraction of sp³-hybridized carbons (Fsp3) is 0.250. The van der Waals surface area contributed by atoms with Crippen molar-refractivity contribution >= 4 is 17.7 Å². The molecule has 144 valence electrons. The number of carbonyl (C=O) groups excluding carboxylic acids is 1. The predicted octanol–water partition coefficient (Wildman–Crippen LogP) is 3.57. The zero-order valence-corrected chi connectivity index (χ0v) is 15.8. The number of hydrogen-bond donors (Lipinski definition) is 0. The summed E-state index contributed by atoms with van der Waals surface area (Å²) in [5, 5.41) is 7.88. The SMILES string of the molecule is O=C(C(Sc1nnc(-c2ccc(F)cc2)o1)c1ccccc1)N1CCOCC1. The highest BCUT2D eigenvalue weighted by molar-refractivity contribution is 8.00. The molecule has 1 aliphatic heterocycles. The third-order valence-electron chi connectivity index (χ3n) is 4.37. The molecule has 1 aromatic heterocycles. The van der Waals surface area contributed by atoms with Gasteiger partial charge in [-0.1, -0.05) is 30.3 Å². The summed E-state index contributed by atoms with van der Waals surface area (Å²) in [6, 6.07) is 15.3. The van der Waals surface area contributed by atoms with E-state index in [4.69, 9.17) is 9.15 Å². The largest absolute Gasteiger partial charge is 0.411 e. The predicted molar refractivity (Wildman–Crippen MR) is 102 cm³/mol. The second-order valence-electron chi connectivity index (χ2n) is 6.23. The molecule has 28 heavy (non-hydrogen) atoms. The summed E-state index contributed by atoms with van der Waals surface area (Å²) < 4.78 is 24.2. The van der Waals surface area contributed by atoms with Crippen LogP contribution in [0.25, 0.3) is 11.5 Å². The molecule has 1 saturated heterocycles. The van der Waals surface area contributed by atoms with Crippen LogP contribution in [0.1, 0.15) is 10.8 Å². The van der Waals surface area contributed by atoms with Crippen LogP contribution in [0.5, 0.6) is 0 Å². The Balaban J connectivity index is 1.57. The lowest BCUT2D eigenvalue weighted by molar-refractivity contribution is -0.134. The zero-order chi connectivity index (χ0) is 19.3. The van der Waals surface area contributed by atoms with Gasteiger partial charge in [0.05, 0.1) is 13.2 Å². The molecule has 2 heterocycles. The Morgan fingerprint density at radius 1 is 1.04 bits per heavy atom. The van der Waals surface area contributed by atoms with Crippen molar-refractivity contribution in [3.63, 3.8) is 0 Å². The average molecular weight is 399 g/mol. The highest BCUT2D eigenvalue weighted by atomic mass is 32.2. The smallest absolute Gasteiger partial charge is 0.277 e. The average Bonchev–Trinajstić information content (AvgIpc) is 3.22. The Bertz CT molecular complexity index is 927. The van der Waals surface area contributed by atoms with E-state index in [9.17, 15) is 9.18 Å². The van der Waals surface area contributed by atoms with Crippen molar-refractivity contribution in [2.75, 3.05) is 26.3 Å². The van der Waals surface area contributed by atoms with Crippen LogP contribution in [0.3, 0.4) is 0 Å². The van der Waals surface area contributed by atoms with Gasteiger partial charge < -0.3 is 14.1 Å². The number of benzene rings is 2. The highest BCUT2D eigenvalue weighted by Crippen LogP contribution is 2.37. The maximum atomic E-state index is 13.1. The van der Waals surface area contributed by atoms with E-state index >= 15 is 0 Å². The Kier molecular flexibility index (Phi) is 5.68. The summed E-state index contributed by atoms with van der Waals surface area (Å²) in [6.07, 6.45) is 0. The lowest BCUT2D eigenvalue weighted by Crippen LogP contribution is -2.42. The van der Waals surface area contributed by atoms with Gasteiger partial charge in [0.25, 0.3) is 5.22 Å². The molecule has 0 aliphatic carbocycles. The summed E-state index contributed by atoms with van der Waals surface area (Å²) in [6.45, 7) is 2.20. The van der Waals surface area contributed by atoms with Crippen LogP contribution < -0.4 is 0 Å². The van der Waals surface area contributed by atoms with Gasteiger partial charge in [0, 0.05) is 18.7 Å². The minimum atomic E-state index is -0.499. The van der Waals surface area contributed by atoms with Crippen LogP contribution in [-0.2, 0) is 9.53 Å². The molecule has 1 amide bonds. The minimum Gasteiger partial charge on any atom is -0.411 e. The van der Waals surface area contributed by atoms with Gasteiger partial charge in [-0.05, 0) is 41.6 Å². The van der Waals surface area contributed by atoms with E-state index in [1.807, 2.05) is 30.3 Å². The van der Waals surface area contributed by atoms with Crippen molar-refractivity contribution in [3.05, 3.63) is 66.0 Å². The number of hydrogen-bond acceptors (Lipinski definition) is 6. The molecule has 0 bridgehead atoms. The summed E-state index contributed by atoms with van der Waals surface area (Å²) in [7, 11) is 0. The van der Waals surface area contributed by atoms with Gasteiger partial charge >= 0.3 is 0 Å². The molecule has 3 aromatic rings. The quantitative estimate of drug-likeness (QED) is 0.611. The van der Waals surface area contributed by atoms with Gasteiger partial charge in [-0.25, -0.2) is 4.39 Å². The van der Waals surface area contributed by atoms with Crippen LogP contribution in [0, 0.1) is 5.82 Å². The molecule has 0 radical (unpaired) electrons. The number of carbonyl (C=O) groups is 1. The molecular formula is C20H18FN3O3S. The van der Waals surface area contributed by atoms with Crippen LogP contribution in [-0.4, -0.2) is 47.3 Å². The van der Waals surface area contributed by atoms with Gasteiger partial charge in [0.1, 0.15) is 11.1 Å². The van der Waals surface area contributed by atoms with Crippen molar-refractivity contribution in [2.45, 2.75) is 10.5 Å². The summed E-state index contributed by atoms with van der Waals surface area (Å²) in [5.74, 6) is -0.0627. The zero-order valence-electron chi connectivity index (χ0n) is 15.0. The standard InChI is InChI=1S/C20H18FN3O3S/c21-16-8-6-15(7-9-16)18-22-23-20(27-18)28-17(14-4-2-1-3-5-14)19(25)24-10-12-26-13-11-24/h1-9,17H,10-13H2. The first-order valence-electron chi connectivity index (χ1n) is 8.88. The second kappa shape index (κ2) is 8.53. The normalized spacial score (nSPS) is 15.4. The first-order chi connectivity index (χ1) is 13.7. The number of rotatable bonds is 5. The monoisotopic (exact) mass is 399 g/mol. The summed E-state index contributed by atoms with van der Waals surface area (Å²) in [4.78, 5) is 14.9. The van der Waals surface area contributed by atoms with E-state index in [0.717, 1.165) is 5.56 Å². The van der Waals surface area contributed by atoms with E-state index in [0.29, 0.717) is 31.9 Å². The molecule has 1 fully saturated rings. The van der Waals surface area contributed by atoms with Crippen LogP contribution in [0.15, 0.2) is 64.2 Å².